The van der Waals surface area contributed by atoms with E-state index in [0.29, 0.717) is 25.8 Å². The number of hydrogen-bond acceptors (Lipinski definition) is 4. The molecular weight excluding hydrogens is 364 g/mol. The van der Waals surface area contributed by atoms with Crippen molar-refractivity contribution in [2.45, 2.75) is 26.0 Å². The van der Waals surface area contributed by atoms with E-state index in [9.17, 15) is 0 Å². The number of ether oxygens (including phenoxy) is 2. The van der Waals surface area contributed by atoms with Gasteiger partial charge in [0.25, 0.3) is 0 Å². The van der Waals surface area contributed by atoms with Gasteiger partial charge in [0, 0.05) is 44.0 Å². The number of aryl methyl sites for hydroxylation is 1. The van der Waals surface area contributed by atoms with E-state index < -0.39 is 0 Å². The third-order valence-electron chi connectivity index (χ3n) is 5.14. The van der Waals surface area contributed by atoms with Gasteiger partial charge in [-0.1, -0.05) is 35.9 Å². The van der Waals surface area contributed by atoms with Gasteiger partial charge in [-0.15, -0.1) is 0 Å². The molecule has 2 N–H and O–H groups in total. The largest absolute Gasteiger partial charge is 0.496 e. The number of nitrogens with zero attached hydrogens (tertiary/aromatic N) is 2. The molecule has 156 valence electrons. The Kier molecular flexibility index (Phi) is 7.76. The molecule has 2 aromatic rings. The summed E-state index contributed by atoms with van der Waals surface area (Å²) in [5.74, 6) is 1.68. The molecule has 0 aromatic heterocycles. The molecule has 2 aromatic carbocycles. The van der Waals surface area contributed by atoms with E-state index in [4.69, 9.17) is 9.47 Å². The second kappa shape index (κ2) is 10.7. The van der Waals surface area contributed by atoms with Crippen LogP contribution in [-0.4, -0.2) is 52.4 Å². The van der Waals surface area contributed by atoms with E-state index in [1.165, 1.54) is 11.3 Å². The van der Waals surface area contributed by atoms with Crippen LogP contribution in [0.25, 0.3) is 0 Å². The average Bonchev–Trinajstić information content (AvgIpc) is 3.22. The van der Waals surface area contributed by atoms with Gasteiger partial charge in [0.15, 0.2) is 5.96 Å². The second-order valence-corrected chi connectivity index (χ2v) is 7.27. The summed E-state index contributed by atoms with van der Waals surface area (Å²) in [6.45, 7) is 5.98. The van der Waals surface area contributed by atoms with Crippen LogP contribution in [0, 0.1) is 6.92 Å². The Labute approximate surface area is 173 Å². The minimum absolute atomic E-state index is 0.386. The first kappa shape index (κ1) is 21.0. The Morgan fingerprint density at radius 1 is 1.17 bits per heavy atom. The van der Waals surface area contributed by atoms with Gasteiger partial charge in [0.2, 0.25) is 0 Å². The normalized spacial score (nSPS) is 16.7. The Balaban J connectivity index is 1.37. The molecule has 1 fully saturated rings. The molecule has 1 atom stereocenters. The molecule has 6 nitrogen and oxygen atoms in total. The van der Waals surface area contributed by atoms with E-state index in [2.05, 4.69) is 51.7 Å². The fraction of sp³-hybridized carbons (Fsp3) is 0.435. The van der Waals surface area contributed by atoms with Crippen LogP contribution in [0.3, 0.4) is 0 Å². The van der Waals surface area contributed by atoms with Crippen molar-refractivity contribution in [2.75, 3.05) is 45.3 Å². The highest BCUT2D eigenvalue weighted by molar-refractivity contribution is 5.80. The summed E-state index contributed by atoms with van der Waals surface area (Å²) >= 11 is 0. The molecular formula is C23H32N4O2. The number of anilines is 1. The predicted molar refractivity (Wildman–Crippen MR) is 119 cm³/mol. The smallest absolute Gasteiger partial charge is 0.191 e. The van der Waals surface area contributed by atoms with E-state index in [1.54, 1.807) is 14.2 Å². The summed E-state index contributed by atoms with van der Waals surface area (Å²) in [5.41, 5.74) is 3.63. The van der Waals surface area contributed by atoms with Crippen molar-refractivity contribution >= 4 is 11.6 Å². The van der Waals surface area contributed by atoms with E-state index in [0.717, 1.165) is 36.8 Å². The molecule has 0 radical (unpaired) electrons. The van der Waals surface area contributed by atoms with Gasteiger partial charge in [-0.3, -0.25) is 4.99 Å². The summed E-state index contributed by atoms with van der Waals surface area (Å²) in [4.78, 5) is 6.76. The van der Waals surface area contributed by atoms with Gasteiger partial charge in [0.1, 0.15) is 5.75 Å². The lowest BCUT2D eigenvalue weighted by molar-refractivity contribution is 0.123. The number of methoxy groups -OCH3 is 1. The molecule has 1 unspecified atom stereocenters. The zero-order valence-corrected chi connectivity index (χ0v) is 17.6. The molecule has 0 amide bonds. The van der Waals surface area contributed by atoms with E-state index >= 15 is 0 Å². The summed E-state index contributed by atoms with van der Waals surface area (Å²) in [5, 5.41) is 6.86. The maximum Gasteiger partial charge on any atom is 0.191 e. The number of aliphatic imine (C=N–C) groups is 1. The fourth-order valence-corrected chi connectivity index (χ4v) is 3.50. The van der Waals surface area contributed by atoms with Crippen molar-refractivity contribution < 1.29 is 9.47 Å². The van der Waals surface area contributed by atoms with Crippen LogP contribution in [0.5, 0.6) is 5.75 Å². The van der Waals surface area contributed by atoms with Crippen LogP contribution < -0.4 is 20.3 Å². The van der Waals surface area contributed by atoms with Crippen LogP contribution in [0.15, 0.2) is 53.5 Å². The van der Waals surface area contributed by atoms with Crippen LogP contribution >= 0.6 is 0 Å². The summed E-state index contributed by atoms with van der Waals surface area (Å²) < 4.78 is 11.1. The molecule has 1 heterocycles. The Bertz CT molecular complexity index is 792. The van der Waals surface area contributed by atoms with Crippen LogP contribution in [-0.2, 0) is 11.3 Å². The number of benzene rings is 2. The molecule has 0 bridgehead atoms. The van der Waals surface area contributed by atoms with Crippen LogP contribution in [0.4, 0.5) is 5.69 Å². The lowest BCUT2D eigenvalue weighted by Crippen LogP contribution is -2.45. The second-order valence-electron chi connectivity index (χ2n) is 7.27. The highest BCUT2D eigenvalue weighted by Crippen LogP contribution is 2.21. The summed E-state index contributed by atoms with van der Waals surface area (Å²) in [6, 6.07) is 17.0. The molecule has 0 saturated carbocycles. The van der Waals surface area contributed by atoms with Crippen molar-refractivity contribution in [3.8, 4) is 5.75 Å². The first-order chi connectivity index (χ1) is 14.2. The number of rotatable bonds is 8. The van der Waals surface area contributed by atoms with Gasteiger partial charge in [0.05, 0.1) is 20.3 Å². The number of nitrogens with one attached hydrogen (secondary N) is 2. The van der Waals surface area contributed by atoms with Gasteiger partial charge < -0.3 is 25.0 Å². The number of guanidine groups is 1. The van der Waals surface area contributed by atoms with E-state index in [-0.39, 0.29) is 0 Å². The molecule has 1 aliphatic rings. The van der Waals surface area contributed by atoms with E-state index in [1.807, 2.05) is 24.3 Å². The molecule has 1 aliphatic heterocycles. The molecule has 1 saturated heterocycles. The van der Waals surface area contributed by atoms with Crippen LogP contribution in [0.1, 0.15) is 17.5 Å². The fourth-order valence-electron chi connectivity index (χ4n) is 3.50. The number of hydrogen-bond donors (Lipinski definition) is 2. The molecule has 29 heavy (non-hydrogen) atoms. The van der Waals surface area contributed by atoms with Crippen molar-refractivity contribution in [3.63, 3.8) is 0 Å². The third-order valence-corrected chi connectivity index (χ3v) is 5.14. The first-order valence-electron chi connectivity index (χ1n) is 10.2. The molecule has 0 spiro atoms. The van der Waals surface area contributed by atoms with Crippen molar-refractivity contribution in [1.82, 2.24) is 10.6 Å². The predicted octanol–water partition coefficient (Wildman–Crippen LogP) is 2.96. The Morgan fingerprint density at radius 3 is 2.72 bits per heavy atom. The molecule has 0 aliphatic carbocycles. The van der Waals surface area contributed by atoms with Gasteiger partial charge in [-0.25, -0.2) is 0 Å². The molecule has 6 heteroatoms. The Morgan fingerprint density at radius 2 is 1.97 bits per heavy atom. The zero-order chi connectivity index (χ0) is 20.5. The first-order valence-corrected chi connectivity index (χ1v) is 10.2. The highest BCUT2D eigenvalue weighted by atomic mass is 16.5. The minimum Gasteiger partial charge on any atom is -0.496 e. The SMILES string of the molecule is CN=C(NCCOCc1ccccc1OC)NC1CCN(c2ccc(C)cc2)C1. The van der Waals surface area contributed by atoms with Crippen LogP contribution in [0.2, 0.25) is 0 Å². The highest BCUT2D eigenvalue weighted by Gasteiger charge is 2.23. The minimum atomic E-state index is 0.386. The zero-order valence-electron chi connectivity index (χ0n) is 17.6. The monoisotopic (exact) mass is 396 g/mol. The average molecular weight is 397 g/mol. The maximum atomic E-state index is 5.78. The maximum absolute atomic E-state index is 5.78. The quantitative estimate of drug-likeness (QED) is 0.408. The van der Waals surface area contributed by atoms with Gasteiger partial charge >= 0.3 is 0 Å². The Hall–Kier alpha value is -2.73. The number of para-hydroxylation sites is 1. The lowest BCUT2D eigenvalue weighted by atomic mass is 10.2. The van der Waals surface area contributed by atoms with Gasteiger partial charge in [-0.2, -0.15) is 0 Å². The lowest BCUT2D eigenvalue weighted by Gasteiger charge is -2.20. The summed E-state index contributed by atoms with van der Waals surface area (Å²) in [7, 11) is 3.48. The summed E-state index contributed by atoms with van der Waals surface area (Å²) in [6.07, 6.45) is 1.10. The standard InChI is InChI=1S/C23H32N4O2/c1-18-8-10-21(11-9-18)27-14-12-20(16-27)26-23(24-2)25-13-15-29-17-19-6-4-5-7-22(19)28-3/h4-11,20H,12-17H2,1-3H3,(H2,24,25,26). The third kappa shape index (κ3) is 6.12. The van der Waals surface area contributed by atoms with Crippen molar-refractivity contribution in [1.29, 1.82) is 0 Å². The molecule has 3 rings (SSSR count). The topological polar surface area (TPSA) is 58.1 Å². The van der Waals surface area contributed by atoms with Crippen molar-refractivity contribution in [2.24, 2.45) is 4.99 Å². The van der Waals surface area contributed by atoms with Crippen molar-refractivity contribution in [3.05, 3.63) is 59.7 Å². The van der Waals surface area contributed by atoms with Gasteiger partial charge in [-0.05, 0) is 31.5 Å².